The molecule has 0 aliphatic carbocycles. The number of rotatable bonds is 7. The highest BCUT2D eigenvalue weighted by atomic mass is 35.5. The summed E-state index contributed by atoms with van der Waals surface area (Å²) < 4.78 is 18.2. The maximum atomic E-state index is 12.8. The molecule has 0 bridgehead atoms. The highest BCUT2D eigenvalue weighted by Crippen LogP contribution is 2.23. The number of halogens is 2. The third-order valence-electron chi connectivity index (χ3n) is 4.28. The summed E-state index contributed by atoms with van der Waals surface area (Å²) in [7, 11) is 0. The molecule has 0 aromatic heterocycles. The average Bonchev–Trinajstić information content (AvgIpc) is 2.77. The Morgan fingerprint density at radius 1 is 1.06 bits per heavy atom. The summed E-state index contributed by atoms with van der Waals surface area (Å²) in [5.41, 5.74) is 4.81. The highest BCUT2D eigenvalue weighted by molar-refractivity contribution is 6.31. The number of carbonyl (C=O) groups excluding carboxylic acids is 2. The van der Waals surface area contributed by atoms with Crippen LogP contribution in [0.2, 0.25) is 5.02 Å². The maximum absolute atomic E-state index is 12.8. The molecule has 3 rings (SSSR count). The minimum absolute atomic E-state index is 0.256. The van der Waals surface area contributed by atoms with Crippen molar-refractivity contribution in [1.29, 1.82) is 0 Å². The molecule has 0 aliphatic heterocycles. The fraction of sp³-hybridized carbons (Fsp3) is 0.0870. The number of hydrogen-bond acceptors (Lipinski definition) is 4. The van der Waals surface area contributed by atoms with Gasteiger partial charge in [-0.3, -0.25) is 9.59 Å². The van der Waals surface area contributed by atoms with Gasteiger partial charge in [0.05, 0.1) is 6.21 Å². The van der Waals surface area contributed by atoms with Gasteiger partial charge in [0.25, 0.3) is 11.8 Å². The van der Waals surface area contributed by atoms with Crippen LogP contribution in [0.1, 0.15) is 21.5 Å². The Hall–Kier alpha value is -3.71. The summed E-state index contributed by atoms with van der Waals surface area (Å²) in [6, 6.07) is 17.3. The lowest BCUT2D eigenvalue weighted by Crippen LogP contribution is -2.24. The van der Waals surface area contributed by atoms with Gasteiger partial charge in [-0.15, -0.1) is 0 Å². The Kier molecular flexibility index (Phi) is 7.35. The van der Waals surface area contributed by atoms with Gasteiger partial charge in [-0.25, -0.2) is 9.82 Å². The predicted octanol–water partition coefficient (Wildman–Crippen LogP) is 4.57. The van der Waals surface area contributed by atoms with Gasteiger partial charge >= 0.3 is 0 Å². The molecule has 0 saturated heterocycles. The summed E-state index contributed by atoms with van der Waals surface area (Å²) in [5, 5.41) is 7.17. The fourth-order valence-corrected chi connectivity index (χ4v) is 2.72. The lowest BCUT2D eigenvalue weighted by molar-refractivity contribution is -0.123. The van der Waals surface area contributed by atoms with E-state index in [0.717, 1.165) is 5.56 Å². The molecule has 3 aromatic rings. The Morgan fingerprint density at radius 2 is 1.77 bits per heavy atom. The van der Waals surface area contributed by atoms with Gasteiger partial charge < -0.3 is 10.1 Å². The van der Waals surface area contributed by atoms with Gasteiger partial charge in [-0.1, -0.05) is 29.8 Å². The molecular formula is C23H19ClFN3O3. The number of amides is 2. The molecule has 2 N–H and O–H groups in total. The van der Waals surface area contributed by atoms with Gasteiger partial charge in [0.2, 0.25) is 0 Å². The van der Waals surface area contributed by atoms with E-state index in [2.05, 4.69) is 15.8 Å². The molecule has 0 heterocycles. The number of ether oxygens (including phenoxy) is 1. The van der Waals surface area contributed by atoms with E-state index in [4.69, 9.17) is 16.3 Å². The van der Waals surface area contributed by atoms with Crippen molar-refractivity contribution in [2.45, 2.75) is 6.92 Å². The highest BCUT2D eigenvalue weighted by Gasteiger charge is 2.10. The first-order chi connectivity index (χ1) is 14.9. The van der Waals surface area contributed by atoms with E-state index in [-0.39, 0.29) is 18.3 Å². The summed E-state index contributed by atoms with van der Waals surface area (Å²) in [5.74, 6) is -0.674. The fourth-order valence-electron chi connectivity index (χ4n) is 2.55. The second kappa shape index (κ2) is 10.4. The van der Waals surface area contributed by atoms with Crippen molar-refractivity contribution in [1.82, 2.24) is 5.43 Å². The van der Waals surface area contributed by atoms with Crippen molar-refractivity contribution < 1.29 is 18.7 Å². The Labute approximate surface area is 183 Å². The zero-order valence-electron chi connectivity index (χ0n) is 16.6. The van der Waals surface area contributed by atoms with E-state index in [9.17, 15) is 14.0 Å². The normalized spacial score (nSPS) is 10.7. The van der Waals surface area contributed by atoms with E-state index in [1.165, 1.54) is 30.5 Å². The van der Waals surface area contributed by atoms with E-state index in [0.29, 0.717) is 27.6 Å². The van der Waals surface area contributed by atoms with E-state index < -0.39 is 5.91 Å². The number of anilines is 1. The zero-order chi connectivity index (χ0) is 22.2. The van der Waals surface area contributed by atoms with Crippen LogP contribution in [0.25, 0.3) is 0 Å². The van der Waals surface area contributed by atoms with Crippen LogP contribution in [-0.2, 0) is 4.79 Å². The topological polar surface area (TPSA) is 79.8 Å². The second-order valence-corrected chi connectivity index (χ2v) is 6.93. The molecule has 0 atom stereocenters. The van der Waals surface area contributed by atoms with Gasteiger partial charge in [-0.2, -0.15) is 5.10 Å². The molecule has 0 saturated carbocycles. The molecule has 0 radical (unpaired) electrons. The van der Waals surface area contributed by atoms with Crippen LogP contribution in [0.4, 0.5) is 10.1 Å². The molecule has 8 heteroatoms. The molecule has 6 nitrogen and oxygen atoms in total. The van der Waals surface area contributed by atoms with E-state index in [1.807, 2.05) is 6.92 Å². The number of benzene rings is 3. The third-order valence-corrected chi connectivity index (χ3v) is 4.68. The van der Waals surface area contributed by atoms with Gasteiger partial charge in [0, 0.05) is 16.3 Å². The number of hydrazone groups is 1. The Morgan fingerprint density at radius 3 is 2.48 bits per heavy atom. The Balaban J connectivity index is 1.48. The van der Waals surface area contributed by atoms with Crippen LogP contribution >= 0.6 is 11.6 Å². The quantitative estimate of drug-likeness (QED) is 0.418. The number of carbonyl (C=O) groups is 2. The van der Waals surface area contributed by atoms with Crippen LogP contribution in [0.3, 0.4) is 0 Å². The van der Waals surface area contributed by atoms with Crippen molar-refractivity contribution in [3.05, 3.63) is 94.3 Å². The van der Waals surface area contributed by atoms with E-state index in [1.54, 1.807) is 42.5 Å². The molecule has 0 spiro atoms. The summed E-state index contributed by atoms with van der Waals surface area (Å²) in [6.07, 6.45) is 1.40. The number of nitrogens with one attached hydrogen (secondary N) is 2. The van der Waals surface area contributed by atoms with E-state index >= 15 is 0 Å². The van der Waals surface area contributed by atoms with Crippen LogP contribution in [0, 0.1) is 12.7 Å². The molecule has 0 aliphatic rings. The largest absolute Gasteiger partial charge is 0.484 e. The van der Waals surface area contributed by atoms with Crippen molar-refractivity contribution in [2.75, 3.05) is 11.9 Å². The Bertz CT molecular complexity index is 1100. The molecule has 31 heavy (non-hydrogen) atoms. The van der Waals surface area contributed by atoms with Gasteiger partial charge in [0.15, 0.2) is 6.61 Å². The average molecular weight is 440 g/mol. The number of nitrogens with zero attached hydrogens (tertiary/aromatic N) is 1. The molecule has 2 amide bonds. The lowest BCUT2D eigenvalue weighted by Gasteiger charge is -2.10. The van der Waals surface area contributed by atoms with Crippen molar-refractivity contribution >= 4 is 35.3 Å². The second-order valence-electron chi connectivity index (χ2n) is 6.52. The molecule has 0 fully saturated rings. The maximum Gasteiger partial charge on any atom is 0.277 e. The summed E-state index contributed by atoms with van der Waals surface area (Å²) in [6.45, 7) is 1.57. The summed E-state index contributed by atoms with van der Waals surface area (Å²) >= 11 is 6.07. The van der Waals surface area contributed by atoms with Gasteiger partial charge in [0.1, 0.15) is 11.6 Å². The number of hydrogen-bond donors (Lipinski definition) is 2. The predicted molar refractivity (Wildman–Crippen MR) is 118 cm³/mol. The molecule has 0 unspecified atom stereocenters. The van der Waals surface area contributed by atoms with Crippen molar-refractivity contribution in [3.8, 4) is 5.75 Å². The molecular weight excluding hydrogens is 421 g/mol. The lowest BCUT2D eigenvalue weighted by atomic mass is 10.1. The molecule has 158 valence electrons. The minimum atomic E-state index is -0.461. The van der Waals surface area contributed by atoms with Gasteiger partial charge in [-0.05, 0) is 66.6 Å². The smallest absolute Gasteiger partial charge is 0.277 e. The first-order valence-corrected chi connectivity index (χ1v) is 9.67. The monoisotopic (exact) mass is 439 g/mol. The zero-order valence-corrected chi connectivity index (χ0v) is 17.3. The van der Waals surface area contributed by atoms with Crippen LogP contribution < -0.4 is 15.5 Å². The van der Waals surface area contributed by atoms with Crippen LogP contribution in [-0.4, -0.2) is 24.6 Å². The first kappa shape index (κ1) is 22.0. The standard InChI is InChI=1S/C23H19ClFN3O3/c1-15-20(24)3-2-4-21(15)27-23(30)17-7-11-19(12-8-17)31-14-22(29)28-26-13-16-5-9-18(25)10-6-16/h2-13H,14H2,1H3,(H,27,30)(H,28,29)/b26-13+. The minimum Gasteiger partial charge on any atom is -0.484 e. The van der Waals surface area contributed by atoms with Crippen molar-refractivity contribution in [2.24, 2.45) is 5.10 Å². The third kappa shape index (κ3) is 6.38. The van der Waals surface area contributed by atoms with Crippen LogP contribution in [0.5, 0.6) is 5.75 Å². The SMILES string of the molecule is Cc1c(Cl)cccc1NC(=O)c1ccc(OCC(=O)N/N=C/c2ccc(F)cc2)cc1. The van der Waals surface area contributed by atoms with Crippen LogP contribution in [0.15, 0.2) is 71.8 Å². The molecule has 3 aromatic carbocycles. The first-order valence-electron chi connectivity index (χ1n) is 9.29. The summed E-state index contributed by atoms with van der Waals surface area (Å²) in [4.78, 5) is 24.2. The van der Waals surface area contributed by atoms with Crippen molar-refractivity contribution in [3.63, 3.8) is 0 Å².